The quantitative estimate of drug-likeness (QED) is 0.0678. The lowest BCUT2D eigenvalue weighted by molar-refractivity contribution is -0.438. The van der Waals surface area contributed by atoms with Crippen LogP contribution in [-0.4, -0.2) is 65.3 Å². The highest BCUT2D eigenvalue weighted by Gasteiger charge is 2.47. The van der Waals surface area contributed by atoms with Gasteiger partial charge in [0.05, 0.1) is 26.8 Å². The molecular weight excluding hydrogens is 699 g/mol. The second-order valence-corrected chi connectivity index (χ2v) is 16.8. The van der Waals surface area contributed by atoms with Gasteiger partial charge in [-0.05, 0) is 56.0 Å². The Morgan fingerprint density at radius 3 is 2.33 bits per heavy atom. The molecule has 2 aromatic rings. The fraction of sp³-hybridized carbons (Fsp3) is 0.441. The lowest BCUT2D eigenvalue weighted by Gasteiger charge is -2.23. The van der Waals surface area contributed by atoms with Crippen LogP contribution in [0, 0.1) is 0 Å². The zero-order chi connectivity index (χ0) is 35.5. The number of hydrogen-bond donors (Lipinski definition) is 3. The highest BCUT2D eigenvalue weighted by Crippen LogP contribution is 2.47. The zero-order valence-corrected chi connectivity index (χ0v) is 30.3. The van der Waals surface area contributed by atoms with Crippen molar-refractivity contribution >= 4 is 72.2 Å². The number of fused-ring (bicyclic) bond motifs is 2. The summed E-state index contributed by atoms with van der Waals surface area (Å²) in [5.41, 5.74) is 3.77. The maximum Gasteiger partial charge on any atom is 0.303 e. The molecule has 0 saturated carbocycles. The molecule has 0 spiro atoms. The van der Waals surface area contributed by atoms with E-state index in [0.29, 0.717) is 60.7 Å². The number of rotatable bonds is 16. The summed E-state index contributed by atoms with van der Waals surface area (Å²) >= 11 is 12.7. The largest absolute Gasteiger partial charge is 0.481 e. The van der Waals surface area contributed by atoms with Crippen LogP contribution in [0.1, 0.15) is 83.3 Å². The molecule has 4 rings (SSSR count). The molecule has 260 valence electrons. The van der Waals surface area contributed by atoms with Crippen molar-refractivity contribution in [3.8, 4) is 0 Å². The molecule has 0 saturated heterocycles. The summed E-state index contributed by atoms with van der Waals surface area (Å²) in [5, 5.41) is 10.1. The normalized spacial score (nSPS) is 18.9. The molecule has 0 bridgehead atoms. The highest BCUT2D eigenvalue weighted by molar-refractivity contribution is 7.86. The molecule has 2 aromatic carbocycles. The van der Waals surface area contributed by atoms with Gasteiger partial charge < -0.3 is 5.11 Å². The van der Waals surface area contributed by atoms with Gasteiger partial charge in [0, 0.05) is 53.1 Å². The van der Waals surface area contributed by atoms with Gasteiger partial charge in [0.2, 0.25) is 5.69 Å². The van der Waals surface area contributed by atoms with Gasteiger partial charge in [-0.3, -0.25) is 18.9 Å². The monoisotopic (exact) mass is 739 g/mol. The lowest BCUT2D eigenvalue weighted by atomic mass is 9.75. The number of carboxylic acid groups (broad SMARTS) is 1. The van der Waals surface area contributed by atoms with Crippen molar-refractivity contribution in [1.82, 2.24) is 0 Å². The van der Waals surface area contributed by atoms with E-state index in [4.69, 9.17) is 33.3 Å². The second-order valence-electron chi connectivity index (χ2n) is 12.9. The Kier molecular flexibility index (Phi) is 11.8. The van der Waals surface area contributed by atoms with Gasteiger partial charge in [-0.15, -0.1) is 0 Å². The zero-order valence-electron chi connectivity index (χ0n) is 27.1. The van der Waals surface area contributed by atoms with Gasteiger partial charge in [0.1, 0.15) is 6.54 Å². The fourth-order valence-corrected chi connectivity index (χ4v) is 8.09. The van der Waals surface area contributed by atoms with Gasteiger partial charge >= 0.3 is 5.97 Å². The number of carbonyl (C=O) groups is 1. The van der Waals surface area contributed by atoms with E-state index in [-0.39, 0.29) is 28.9 Å². The van der Waals surface area contributed by atoms with E-state index in [1.165, 1.54) is 12.1 Å². The van der Waals surface area contributed by atoms with E-state index in [1.807, 2.05) is 41.9 Å². The molecule has 0 radical (unpaired) electrons. The first-order chi connectivity index (χ1) is 22.3. The molecule has 10 nitrogen and oxygen atoms in total. The van der Waals surface area contributed by atoms with Crippen molar-refractivity contribution in [3.63, 3.8) is 0 Å². The molecule has 3 N–H and O–H groups in total. The number of unbranched alkanes of at least 4 members (excludes halogenated alkanes) is 3. The van der Waals surface area contributed by atoms with Gasteiger partial charge in [-0.25, -0.2) is 0 Å². The average molecular weight is 741 g/mol. The lowest BCUT2D eigenvalue weighted by Crippen LogP contribution is -2.31. The van der Waals surface area contributed by atoms with Gasteiger partial charge in [0.15, 0.2) is 5.71 Å². The summed E-state index contributed by atoms with van der Waals surface area (Å²) in [6.45, 7) is 6.52. The van der Waals surface area contributed by atoms with Crippen molar-refractivity contribution in [2.24, 2.45) is 4.99 Å². The Balaban J connectivity index is 1.66. The van der Waals surface area contributed by atoms with E-state index >= 15 is 0 Å². The first-order valence-electron chi connectivity index (χ1n) is 15.7. The highest BCUT2D eigenvalue weighted by atomic mass is 35.5. The molecule has 48 heavy (non-hydrogen) atoms. The van der Waals surface area contributed by atoms with Crippen molar-refractivity contribution in [2.45, 2.75) is 87.9 Å². The summed E-state index contributed by atoms with van der Waals surface area (Å²) in [5.74, 6) is -1.25. The van der Waals surface area contributed by atoms with Gasteiger partial charge in [0.25, 0.3) is 20.2 Å². The Labute approximate surface area is 292 Å². The number of aliphatic imine (C=N–C) groups is 1. The van der Waals surface area contributed by atoms with Crippen LogP contribution in [0.2, 0.25) is 10.0 Å². The minimum Gasteiger partial charge on any atom is -0.481 e. The maximum absolute atomic E-state index is 12.1. The Hall–Kier alpha value is -2.87. The third-order valence-corrected chi connectivity index (χ3v) is 11.3. The standard InChI is InChI=1S/C34H40Cl2N2O8S2/c1-33(2)26-20-23(35)21-27(36)32(26)37-29(33)12-6-4-7-13-30-34(3,17-9-5-8-14-31(39)40)25-22-24(48(44,45)46)15-16-28(25)38(30)18-10-11-19-47(41,42)43/h4,6-7,13,15-16,20-22H,5,8-12,14,17-19H2,1-3H3,(H2-,39,40,41,42,43,44,45,46)/p+1/b6-4+,13-7+. The molecule has 2 aliphatic heterocycles. The molecule has 1 unspecified atom stereocenters. The van der Waals surface area contributed by atoms with Crippen LogP contribution < -0.4 is 0 Å². The van der Waals surface area contributed by atoms with Crippen LogP contribution in [0.3, 0.4) is 0 Å². The van der Waals surface area contributed by atoms with E-state index in [0.717, 1.165) is 28.4 Å². The number of halogens is 2. The summed E-state index contributed by atoms with van der Waals surface area (Å²) < 4.78 is 68.1. The van der Waals surface area contributed by atoms with Crippen molar-refractivity contribution in [2.75, 3.05) is 12.3 Å². The molecule has 0 amide bonds. The minimum absolute atomic E-state index is 0.0494. The van der Waals surface area contributed by atoms with Crippen LogP contribution in [0.5, 0.6) is 0 Å². The minimum atomic E-state index is -4.50. The molecule has 2 aliphatic rings. The SMILES string of the molecule is CC1(C)C(C/C=C/C=C/C2=[N+](CCCCS(=O)(=O)O)c3ccc(S(=O)(=O)O)cc3C2(C)CCCCCC(=O)O)=Nc2c(Cl)cc(Cl)cc21. The predicted molar refractivity (Wildman–Crippen MR) is 189 cm³/mol. The Morgan fingerprint density at radius 2 is 1.67 bits per heavy atom. The molecule has 14 heteroatoms. The summed E-state index contributed by atoms with van der Waals surface area (Å²) in [6.07, 6.45) is 11.3. The molecule has 0 aromatic heterocycles. The molecule has 2 heterocycles. The van der Waals surface area contributed by atoms with E-state index in [1.54, 1.807) is 12.1 Å². The van der Waals surface area contributed by atoms with E-state index in [2.05, 4.69) is 13.8 Å². The van der Waals surface area contributed by atoms with Crippen molar-refractivity contribution in [1.29, 1.82) is 0 Å². The van der Waals surface area contributed by atoms with Gasteiger partial charge in [-0.1, -0.05) is 68.1 Å². The number of aliphatic carboxylic acids is 1. The summed E-state index contributed by atoms with van der Waals surface area (Å²) in [7, 11) is -8.62. The number of hydrogen-bond acceptors (Lipinski definition) is 6. The Bertz CT molecular complexity index is 1930. The number of carboxylic acids is 1. The van der Waals surface area contributed by atoms with Crippen molar-refractivity contribution < 1.29 is 40.4 Å². The van der Waals surface area contributed by atoms with Crippen LogP contribution in [0.25, 0.3) is 0 Å². The van der Waals surface area contributed by atoms with Crippen LogP contribution in [-0.2, 0) is 35.9 Å². The first kappa shape index (κ1) is 37.9. The fourth-order valence-electron chi connectivity index (χ4n) is 6.47. The van der Waals surface area contributed by atoms with E-state index < -0.39 is 31.6 Å². The smallest absolute Gasteiger partial charge is 0.303 e. The van der Waals surface area contributed by atoms with E-state index in [9.17, 15) is 30.7 Å². The maximum atomic E-state index is 12.1. The predicted octanol–water partition coefficient (Wildman–Crippen LogP) is 7.87. The first-order valence-corrected chi connectivity index (χ1v) is 19.5. The molecular formula is C34H41Cl2N2O8S2+. The second kappa shape index (κ2) is 14.9. The van der Waals surface area contributed by atoms with Crippen LogP contribution >= 0.6 is 23.2 Å². The number of benzene rings is 2. The molecule has 1 atom stereocenters. The summed E-state index contributed by atoms with van der Waals surface area (Å²) in [6, 6.07) is 8.00. The molecule has 0 fully saturated rings. The number of nitrogens with zero attached hydrogens (tertiary/aromatic N) is 2. The van der Waals surface area contributed by atoms with Gasteiger partial charge in [-0.2, -0.15) is 21.4 Å². The average Bonchev–Trinajstić information content (AvgIpc) is 3.36. The summed E-state index contributed by atoms with van der Waals surface area (Å²) in [4.78, 5) is 15.6. The topological polar surface area (TPSA) is 161 Å². The van der Waals surface area contributed by atoms with Crippen LogP contribution in [0.15, 0.2) is 64.5 Å². The molecule has 0 aliphatic carbocycles. The van der Waals surface area contributed by atoms with Crippen molar-refractivity contribution in [3.05, 3.63) is 75.8 Å². The number of allylic oxidation sites excluding steroid dienone is 4. The third kappa shape index (κ3) is 8.83. The third-order valence-electron chi connectivity index (χ3n) is 9.09. The van der Waals surface area contributed by atoms with Crippen LogP contribution in [0.4, 0.5) is 11.4 Å². The Morgan fingerprint density at radius 1 is 0.938 bits per heavy atom.